The molecule has 0 amide bonds. The average molecular weight is 284 g/mol. The Balaban J connectivity index is 0.00000133. The summed E-state index contributed by atoms with van der Waals surface area (Å²) >= 11 is 0. The van der Waals surface area contributed by atoms with Crippen molar-refractivity contribution >= 4 is 12.4 Å². The highest BCUT2D eigenvalue weighted by Crippen LogP contribution is 2.37. The molecule has 1 aromatic heterocycles. The minimum Gasteiger partial charge on any atom is -0.334 e. The van der Waals surface area contributed by atoms with Crippen LogP contribution in [0.1, 0.15) is 30.7 Å². The lowest BCUT2D eigenvalue weighted by Gasteiger charge is -2.34. The van der Waals surface area contributed by atoms with Gasteiger partial charge in [0.2, 0.25) is 0 Å². The summed E-state index contributed by atoms with van der Waals surface area (Å²) in [6.07, 6.45) is 2.82. The summed E-state index contributed by atoms with van der Waals surface area (Å²) < 4.78 is 18.6. The largest absolute Gasteiger partial charge is 0.334 e. The lowest BCUT2D eigenvalue weighted by molar-refractivity contribution is 0.229. The number of nitrogens with zero attached hydrogens (tertiary/aromatic N) is 2. The van der Waals surface area contributed by atoms with Crippen LogP contribution in [0.4, 0.5) is 4.39 Å². The number of benzene rings is 1. The second-order valence-electron chi connectivity index (χ2n) is 4.90. The van der Waals surface area contributed by atoms with Gasteiger partial charge >= 0.3 is 0 Å². The molecule has 0 bridgehead atoms. The van der Waals surface area contributed by atoms with E-state index in [4.69, 9.17) is 10.3 Å². The topological polar surface area (TPSA) is 64.9 Å². The molecule has 1 saturated carbocycles. The predicted octanol–water partition coefficient (Wildman–Crippen LogP) is 2.94. The van der Waals surface area contributed by atoms with Crippen molar-refractivity contribution in [1.82, 2.24) is 10.1 Å². The smallest absolute Gasteiger partial charge is 0.258 e. The van der Waals surface area contributed by atoms with Gasteiger partial charge in [0.25, 0.3) is 5.89 Å². The first-order valence-corrected chi connectivity index (χ1v) is 5.98. The van der Waals surface area contributed by atoms with Crippen LogP contribution in [0.5, 0.6) is 0 Å². The van der Waals surface area contributed by atoms with Crippen LogP contribution in [-0.4, -0.2) is 10.1 Å². The maximum absolute atomic E-state index is 13.5. The Bertz CT molecular complexity index is 595. The molecule has 0 unspecified atom stereocenters. The zero-order chi connectivity index (χ0) is 12.8. The molecule has 0 radical (unpaired) electrons. The van der Waals surface area contributed by atoms with Gasteiger partial charge in [0.15, 0.2) is 5.82 Å². The number of hydrogen-bond acceptors (Lipinski definition) is 4. The van der Waals surface area contributed by atoms with E-state index in [1.165, 1.54) is 6.07 Å². The van der Waals surface area contributed by atoms with Crippen LogP contribution in [0.3, 0.4) is 0 Å². The van der Waals surface area contributed by atoms with E-state index in [0.29, 0.717) is 22.8 Å². The molecule has 0 saturated heterocycles. The van der Waals surface area contributed by atoms with Crippen molar-refractivity contribution in [1.29, 1.82) is 0 Å². The zero-order valence-electron chi connectivity index (χ0n) is 10.5. The van der Waals surface area contributed by atoms with E-state index in [9.17, 15) is 4.39 Å². The maximum Gasteiger partial charge on any atom is 0.258 e. The monoisotopic (exact) mass is 283 g/mol. The quantitative estimate of drug-likeness (QED) is 0.920. The molecule has 2 aromatic rings. The van der Waals surface area contributed by atoms with E-state index in [1.54, 1.807) is 19.1 Å². The Labute approximate surface area is 116 Å². The summed E-state index contributed by atoms with van der Waals surface area (Å²) in [5.41, 5.74) is 6.83. The molecule has 4 nitrogen and oxygen atoms in total. The fraction of sp³-hybridized carbons (Fsp3) is 0.385. The van der Waals surface area contributed by atoms with Gasteiger partial charge in [-0.3, -0.25) is 0 Å². The lowest BCUT2D eigenvalue weighted by Crippen LogP contribution is -2.44. The number of rotatable bonds is 2. The van der Waals surface area contributed by atoms with E-state index in [2.05, 4.69) is 10.1 Å². The fourth-order valence-electron chi connectivity index (χ4n) is 2.05. The molecule has 1 aliphatic carbocycles. The van der Waals surface area contributed by atoms with Crippen molar-refractivity contribution in [3.05, 3.63) is 35.4 Å². The van der Waals surface area contributed by atoms with Crippen LogP contribution in [0, 0.1) is 12.7 Å². The summed E-state index contributed by atoms with van der Waals surface area (Å²) in [6.45, 7) is 1.71. The normalized spacial score (nSPS) is 16.6. The molecule has 19 heavy (non-hydrogen) atoms. The van der Waals surface area contributed by atoms with E-state index >= 15 is 0 Å². The Morgan fingerprint density at radius 1 is 1.37 bits per heavy atom. The van der Waals surface area contributed by atoms with Gasteiger partial charge in [-0.15, -0.1) is 12.4 Å². The summed E-state index contributed by atoms with van der Waals surface area (Å²) in [5, 5.41) is 3.90. The first-order valence-electron chi connectivity index (χ1n) is 5.98. The van der Waals surface area contributed by atoms with Crippen LogP contribution >= 0.6 is 12.4 Å². The number of hydrogen-bond donors (Lipinski definition) is 1. The zero-order valence-corrected chi connectivity index (χ0v) is 11.3. The van der Waals surface area contributed by atoms with Crippen molar-refractivity contribution in [2.45, 2.75) is 31.7 Å². The first-order chi connectivity index (χ1) is 8.58. The number of aryl methyl sites for hydroxylation is 1. The first kappa shape index (κ1) is 14.0. The van der Waals surface area contributed by atoms with Gasteiger partial charge in [0.05, 0.1) is 5.54 Å². The minimum absolute atomic E-state index is 0. The number of aromatic nitrogens is 2. The van der Waals surface area contributed by atoms with Gasteiger partial charge in [-0.2, -0.15) is 4.98 Å². The van der Waals surface area contributed by atoms with E-state index < -0.39 is 5.54 Å². The predicted molar refractivity (Wildman–Crippen MR) is 71.4 cm³/mol. The Hall–Kier alpha value is -1.46. The van der Waals surface area contributed by atoms with E-state index in [1.807, 2.05) is 0 Å². The van der Waals surface area contributed by atoms with Crippen LogP contribution < -0.4 is 5.73 Å². The van der Waals surface area contributed by atoms with Crippen LogP contribution in [0.25, 0.3) is 11.5 Å². The fourth-order valence-corrected chi connectivity index (χ4v) is 2.05. The minimum atomic E-state index is -0.453. The SMILES string of the molecule is Cc1ccc(-c2nc(C3(N)CCC3)no2)cc1F.Cl. The van der Waals surface area contributed by atoms with Gasteiger partial charge in [-0.25, -0.2) is 4.39 Å². The molecule has 1 heterocycles. The molecular weight excluding hydrogens is 269 g/mol. The molecule has 1 fully saturated rings. The highest BCUT2D eigenvalue weighted by Gasteiger charge is 2.39. The summed E-state index contributed by atoms with van der Waals surface area (Å²) in [4.78, 5) is 4.28. The molecule has 1 aliphatic rings. The van der Waals surface area contributed by atoms with Gasteiger partial charge in [0, 0.05) is 5.56 Å². The summed E-state index contributed by atoms with van der Waals surface area (Å²) in [5.74, 6) is 0.559. The van der Waals surface area contributed by atoms with Crippen molar-refractivity contribution in [2.75, 3.05) is 0 Å². The second-order valence-corrected chi connectivity index (χ2v) is 4.90. The van der Waals surface area contributed by atoms with Crippen molar-refractivity contribution in [2.24, 2.45) is 5.73 Å². The third-order valence-electron chi connectivity index (χ3n) is 3.54. The molecule has 102 valence electrons. The van der Waals surface area contributed by atoms with Crippen LogP contribution in [0.15, 0.2) is 22.7 Å². The second kappa shape index (κ2) is 4.90. The Morgan fingerprint density at radius 2 is 2.11 bits per heavy atom. The Morgan fingerprint density at radius 3 is 2.68 bits per heavy atom. The maximum atomic E-state index is 13.5. The molecule has 3 rings (SSSR count). The van der Waals surface area contributed by atoms with Crippen molar-refractivity contribution < 1.29 is 8.91 Å². The van der Waals surface area contributed by atoms with Gasteiger partial charge in [0.1, 0.15) is 5.82 Å². The van der Waals surface area contributed by atoms with E-state index in [-0.39, 0.29) is 18.2 Å². The Kier molecular flexibility index (Phi) is 3.60. The number of nitrogens with two attached hydrogens (primary N) is 1. The summed E-state index contributed by atoms with van der Waals surface area (Å²) in [6, 6.07) is 4.85. The highest BCUT2D eigenvalue weighted by molar-refractivity contribution is 5.85. The third kappa shape index (κ3) is 2.35. The standard InChI is InChI=1S/C13H14FN3O.ClH/c1-8-3-4-9(7-10(8)14)11-16-12(17-18-11)13(15)5-2-6-13;/h3-4,7H,2,5-6,15H2,1H3;1H. The average Bonchev–Trinajstić information content (AvgIpc) is 2.79. The molecule has 6 heteroatoms. The van der Waals surface area contributed by atoms with Gasteiger partial charge in [-0.1, -0.05) is 11.2 Å². The van der Waals surface area contributed by atoms with Crippen LogP contribution in [0.2, 0.25) is 0 Å². The molecular formula is C13H15ClFN3O. The van der Waals surface area contributed by atoms with Crippen molar-refractivity contribution in [3.8, 4) is 11.5 Å². The molecule has 0 spiro atoms. The van der Waals surface area contributed by atoms with E-state index in [0.717, 1.165) is 19.3 Å². The lowest BCUT2D eigenvalue weighted by atomic mass is 9.77. The molecule has 1 aromatic carbocycles. The van der Waals surface area contributed by atoms with Gasteiger partial charge in [-0.05, 0) is 43.9 Å². The highest BCUT2D eigenvalue weighted by atomic mass is 35.5. The summed E-state index contributed by atoms with van der Waals surface area (Å²) in [7, 11) is 0. The van der Waals surface area contributed by atoms with Crippen LogP contribution in [-0.2, 0) is 5.54 Å². The number of halogens is 2. The molecule has 0 atom stereocenters. The van der Waals surface area contributed by atoms with Crippen molar-refractivity contribution in [3.63, 3.8) is 0 Å². The molecule has 0 aliphatic heterocycles. The molecule has 2 N–H and O–H groups in total. The third-order valence-corrected chi connectivity index (χ3v) is 3.54. The van der Waals surface area contributed by atoms with Gasteiger partial charge < -0.3 is 10.3 Å².